The standard InChI is InChI=1S/C34H24N2/c1-2-11-24(12-3-1)26-21-22-28-27-16-6-8-18-31(27)36-34(28)33(26)29-17-7-9-19-32(29)35-30-20-10-14-23-13-4-5-15-25(23)30/h1-22,35-36H. The topological polar surface area (TPSA) is 27.8 Å². The van der Waals surface area contributed by atoms with Crippen LogP contribution in [0.25, 0.3) is 54.8 Å². The van der Waals surface area contributed by atoms with Gasteiger partial charge in [0.2, 0.25) is 0 Å². The van der Waals surface area contributed by atoms with Crippen LogP contribution in [0.3, 0.4) is 0 Å². The molecule has 0 bridgehead atoms. The first-order valence-electron chi connectivity index (χ1n) is 12.3. The second-order valence-electron chi connectivity index (χ2n) is 9.14. The van der Waals surface area contributed by atoms with Gasteiger partial charge in [0.1, 0.15) is 0 Å². The molecule has 2 heteroatoms. The number of para-hydroxylation sites is 2. The zero-order chi connectivity index (χ0) is 23.9. The number of hydrogen-bond acceptors (Lipinski definition) is 1. The number of aromatic nitrogens is 1. The first kappa shape index (κ1) is 20.5. The van der Waals surface area contributed by atoms with Gasteiger partial charge in [-0.05, 0) is 34.7 Å². The number of aromatic amines is 1. The van der Waals surface area contributed by atoms with Crippen LogP contribution in [0, 0.1) is 0 Å². The van der Waals surface area contributed by atoms with Gasteiger partial charge in [0.25, 0.3) is 0 Å². The molecule has 0 unspecified atom stereocenters. The molecule has 1 heterocycles. The highest BCUT2D eigenvalue weighted by molar-refractivity contribution is 6.16. The van der Waals surface area contributed by atoms with E-state index in [9.17, 15) is 0 Å². The molecule has 0 aliphatic heterocycles. The molecule has 6 aromatic carbocycles. The van der Waals surface area contributed by atoms with E-state index in [0.29, 0.717) is 0 Å². The molecule has 0 saturated heterocycles. The van der Waals surface area contributed by atoms with Gasteiger partial charge in [0.05, 0.1) is 5.52 Å². The van der Waals surface area contributed by atoms with Crippen molar-refractivity contribution >= 4 is 44.0 Å². The maximum absolute atomic E-state index is 3.78. The highest BCUT2D eigenvalue weighted by Gasteiger charge is 2.18. The van der Waals surface area contributed by atoms with Gasteiger partial charge in [-0.2, -0.15) is 0 Å². The first-order chi connectivity index (χ1) is 17.9. The van der Waals surface area contributed by atoms with E-state index in [1.807, 2.05) is 0 Å². The normalized spacial score (nSPS) is 11.3. The summed E-state index contributed by atoms with van der Waals surface area (Å²) in [5.74, 6) is 0. The number of H-pyrrole nitrogens is 1. The van der Waals surface area contributed by atoms with E-state index in [4.69, 9.17) is 0 Å². The van der Waals surface area contributed by atoms with Crippen LogP contribution in [0.4, 0.5) is 11.4 Å². The van der Waals surface area contributed by atoms with Crippen LogP contribution in [0.5, 0.6) is 0 Å². The lowest BCUT2D eigenvalue weighted by Crippen LogP contribution is -1.96. The Morgan fingerprint density at radius 3 is 2.06 bits per heavy atom. The van der Waals surface area contributed by atoms with Gasteiger partial charge in [-0.25, -0.2) is 0 Å². The average Bonchev–Trinajstić information content (AvgIpc) is 3.32. The quantitative estimate of drug-likeness (QED) is 0.269. The smallest absolute Gasteiger partial charge is 0.0551 e. The maximum Gasteiger partial charge on any atom is 0.0551 e. The highest BCUT2D eigenvalue weighted by atomic mass is 14.9. The largest absolute Gasteiger partial charge is 0.355 e. The molecule has 0 amide bonds. The summed E-state index contributed by atoms with van der Waals surface area (Å²) in [6, 6.07) is 47.3. The molecule has 36 heavy (non-hydrogen) atoms. The van der Waals surface area contributed by atoms with Crippen molar-refractivity contribution in [1.82, 2.24) is 4.98 Å². The molecule has 0 spiro atoms. The van der Waals surface area contributed by atoms with Crippen molar-refractivity contribution in [3.63, 3.8) is 0 Å². The Morgan fingerprint density at radius 1 is 0.444 bits per heavy atom. The summed E-state index contributed by atoms with van der Waals surface area (Å²) in [5, 5.41) is 8.69. The third-order valence-corrected chi connectivity index (χ3v) is 7.02. The Bertz CT molecular complexity index is 1860. The van der Waals surface area contributed by atoms with Crippen LogP contribution in [-0.4, -0.2) is 4.98 Å². The molecule has 170 valence electrons. The Morgan fingerprint density at radius 2 is 1.14 bits per heavy atom. The second kappa shape index (κ2) is 8.44. The first-order valence-corrected chi connectivity index (χ1v) is 12.3. The lowest BCUT2D eigenvalue weighted by molar-refractivity contribution is 1.51. The highest BCUT2D eigenvalue weighted by Crippen LogP contribution is 2.43. The molecular weight excluding hydrogens is 436 g/mol. The Kier molecular flexibility index (Phi) is 4.82. The molecular formula is C34H24N2. The summed E-state index contributed by atoms with van der Waals surface area (Å²) in [6.07, 6.45) is 0. The molecule has 0 radical (unpaired) electrons. The van der Waals surface area contributed by atoms with Crippen LogP contribution in [0.2, 0.25) is 0 Å². The fourth-order valence-corrected chi connectivity index (χ4v) is 5.35. The summed E-state index contributed by atoms with van der Waals surface area (Å²) in [6.45, 7) is 0. The number of hydrogen-bond donors (Lipinski definition) is 2. The molecule has 1 aromatic heterocycles. The van der Waals surface area contributed by atoms with Crippen LogP contribution >= 0.6 is 0 Å². The average molecular weight is 461 g/mol. The maximum atomic E-state index is 3.78. The molecule has 2 nitrogen and oxygen atoms in total. The number of anilines is 2. The van der Waals surface area contributed by atoms with E-state index >= 15 is 0 Å². The Labute approximate surface area is 209 Å². The van der Waals surface area contributed by atoms with Gasteiger partial charge in [-0.3, -0.25) is 0 Å². The van der Waals surface area contributed by atoms with Gasteiger partial charge in [-0.15, -0.1) is 0 Å². The predicted molar refractivity (Wildman–Crippen MR) is 154 cm³/mol. The Balaban J connectivity index is 1.51. The van der Waals surface area contributed by atoms with E-state index in [2.05, 4.69) is 144 Å². The molecule has 7 aromatic rings. The second-order valence-corrected chi connectivity index (χ2v) is 9.14. The number of rotatable bonds is 4. The zero-order valence-corrected chi connectivity index (χ0v) is 19.7. The lowest BCUT2D eigenvalue weighted by atomic mass is 9.91. The van der Waals surface area contributed by atoms with E-state index in [1.54, 1.807) is 0 Å². The van der Waals surface area contributed by atoms with Gasteiger partial charge in [0, 0.05) is 44.2 Å². The molecule has 0 fully saturated rings. The van der Waals surface area contributed by atoms with Crippen molar-refractivity contribution in [1.29, 1.82) is 0 Å². The lowest BCUT2D eigenvalue weighted by Gasteiger charge is -2.18. The SMILES string of the molecule is c1ccc(-c2ccc3c([nH]c4ccccc43)c2-c2ccccc2Nc2cccc3ccccc23)cc1. The van der Waals surface area contributed by atoms with Crippen molar-refractivity contribution < 1.29 is 0 Å². The number of benzene rings is 6. The van der Waals surface area contributed by atoms with Crippen molar-refractivity contribution in [2.24, 2.45) is 0 Å². The predicted octanol–water partition coefficient (Wildman–Crippen LogP) is 9.55. The zero-order valence-electron chi connectivity index (χ0n) is 19.7. The van der Waals surface area contributed by atoms with Crippen molar-refractivity contribution in [2.45, 2.75) is 0 Å². The minimum absolute atomic E-state index is 1.08. The minimum atomic E-state index is 1.08. The van der Waals surface area contributed by atoms with Gasteiger partial charge in [-0.1, -0.05) is 115 Å². The number of nitrogens with one attached hydrogen (secondary N) is 2. The molecule has 2 N–H and O–H groups in total. The van der Waals surface area contributed by atoms with Crippen molar-refractivity contribution in [3.8, 4) is 22.3 Å². The summed E-state index contributed by atoms with van der Waals surface area (Å²) < 4.78 is 0. The van der Waals surface area contributed by atoms with E-state index in [0.717, 1.165) is 22.4 Å². The van der Waals surface area contributed by atoms with Crippen LogP contribution in [-0.2, 0) is 0 Å². The molecule has 0 atom stereocenters. The third-order valence-electron chi connectivity index (χ3n) is 7.02. The summed E-state index contributed by atoms with van der Waals surface area (Å²) >= 11 is 0. The van der Waals surface area contributed by atoms with Crippen LogP contribution < -0.4 is 5.32 Å². The fourth-order valence-electron chi connectivity index (χ4n) is 5.35. The van der Waals surface area contributed by atoms with E-state index < -0.39 is 0 Å². The fraction of sp³-hybridized carbons (Fsp3) is 0. The molecule has 0 aliphatic rings. The van der Waals surface area contributed by atoms with Crippen molar-refractivity contribution in [3.05, 3.63) is 133 Å². The number of fused-ring (bicyclic) bond motifs is 4. The molecule has 0 saturated carbocycles. The molecule has 0 aliphatic carbocycles. The minimum Gasteiger partial charge on any atom is -0.355 e. The van der Waals surface area contributed by atoms with Crippen molar-refractivity contribution in [2.75, 3.05) is 5.32 Å². The Hall–Kier alpha value is -4.82. The van der Waals surface area contributed by atoms with Crippen LogP contribution in [0.1, 0.15) is 0 Å². The third kappa shape index (κ3) is 3.35. The summed E-state index contributed by atoms with van der Waals surface area (Å²) in [5.41, 5.74) is 9.28. The summed E-state index contributed by atoms with van der Waals surface area (Å²) in [4.78, 5) is 3.75. The van der Waals surface area contributed by atoms with E-state index in [-0.39, 0.29) is 0 Å². The van der Waals surface area contributed by atoms with Gasteiger partial charge >= 0.3 is 0 Å². The van der Waals surface area contributed by atoms with E-state index in [1.165, 1.54) is 43.8 Å². The monoisotopic (exact) mass is 460 g/mol. The van der Waals surface area contributed by atoms with Gasteiger partial charge in [0.15, 0.2) is 0 Å². The summed E-state index contributed by atoms with van der Waals surface area (Å²) in [7, 11) is 0. The molecule has 7 rings (SSSR count). The van der Waals surface area contributed by atoms with Crippen LogP contribution in [0.15, 0.2) is 133 Å². The van der Waals surface area contributed by atoms with Gasteiger partial charge < -0.3 is 10.3 Å².